The number of H-pyrrole nitrogens is 1. The lowest BCUT2D eigenvalue weighted by Gasteiger charge is -2.11. The van der Waals surface area contributed by atoms with Crippen LogP contribution in [0.2, 0.25) is 0 Å². The summed E-state index contributed by atoms with van der Waals surface area (Å²) in [6.45, 7) is 2.95. The molecule has 0 atom stereocenters. The normalized spacial score (nSPS) is 10.8. The molecular weight excluding hydrogens is 406 g/mol. The molecule has 1 amide bonds. The number of rotatable bonds is 7. The first-order valence-electron chi connectivity index (χ1n) is 10.4. The van der Waals surface area contributed by atoms with Crippen molar-refractivity contribution in [1.29, 1.82) is 0 Å². The first-order chi connectivity index (χ1) is 15.5. The number of aromatic amines is 1. The minimum atomic E-state index is -0.704. The van der Waals surface area contributed by atoms with E-state index < -0.39 is 11.1 Å². The highest BCUT2D eigenvalue weighted by Crippen LogP contribution is 2.16. The number of aryl methyl sites for hydroxylation is 1. The molecule has 4 rings (SSSR count). The monoisotopic (exact) mass is 429 g/mol. The Kier molecular flexibility index (Phi) is 6.17. The second-order valence-electron chi connectivity index (χ2n) is 7.34. The molecule has 0 aliphatic rings. The number of fused-ring (bicyclic) bond motifs is 1. The van der Waals surface area contributed by atoms with Crippen LogP contribution in [-0.4, -0.2) is 15.5 Å². The van der Waals surface area contributed by atoms with Crippen molar-refractivity contribution in [1.82, 2.24) is 14.9 Å². The summed E-state index contributed by atoms with van der Waals surface area (Å²) >= 11 is 0. The number of nitrogens with zero attached hydrogens (tertiary/aromatic N) is 1. The van der Waals surface area contributed by atoms with Crippen LogP contribution in [0.3, 0.4) is 0 Å². The fourth-order valence-corrected chi connectivity index (χ4v) is 3.51. The van der Waals surface area contributed by atoms with E-state index in [2.05, 4.69) is 10.3 Å². The van der Waals surface area contributed by atoms with Gasteiger partial charge in [0, 0.05) is 18.7 Å². The van der Waals surface area contributed by atoms with Crippen molar-refractivity contribution >= 4 is 16.9 Å². The molecule has 0 radical (unpaired) electrons. The smallest absolute Gasteiger partial charge is 0.316 e. The van der Waals surface area contributed by atoms with E-state index >= 15 is 0 Å². The summed E-state index contributed by atoms with van der Waals surface area (Å²) in [5, 5.41) is 2.88. The number of carbonyl (C=O) groups excluding carboxylic acids is 1. The van der Waals surface area contributed by atoms with Gasteiger partial charge in [-0.3, -0.25) is 14.4 Å². The Morgan fingerprint density at radius 3 is 2.53 bits per heavy atom. The topological polar surface area (TPSA) is 93.2 Å². The third-order valence-corrected chi connectivity index (χ3v) is 5.15. The highest BCUT2D eigenvalue weighted by atomic mass is 16.5. The number of benzene rings is 3. The molecule has 0 bridgehead atoms. The molecule has 0 saturated heterocycles. The van der Waals surface area contributed by atoms with Gasteiger partial charge < -0.3 is 19.6 Å². The Morgan fingerprint density at radius 1 is 0.969 bits per heavy atom. The van der Waals surface area contributed by atoms with E-state index in [1.165, 1.54) is 4.57 Å². The predicted octanol–water partition coefficient (Wildman–Crippen LogP) is 3.22. The molecule has 0 saturated carbocycles. The van der Waals surface area contributed by atoms with Crippen molar-refractivity contribution in [3.8, 4) is 5.75 Å². The van der Waals surface area contributed by atoms with Crippen LogP contribution in [0.4, 0.5) is 0 Å². The number of hydrogen-bond acceptors (Lipinski definition) is 4. The van der Waals surface area contributed by atoms with E-state index in [1.807, 2.05) is 54.6 Å². The minimum absolute atomic E-state index is 0.280. The van der Waals surface area contributed by atoms with E-state index in [9.17, 15) is 14.4 Å². The molecule has 0 unspecified atom stereocenters. The number of carbonyl (C=O) groups is 1. The third-order valence-electron chi connectivity index (χ3n) is 5.15. The number of hydrogen-bond donors (Lipinski definition) is 2. The number of aromatic nitrogens is 2. The molecule has 32 heavy (non-hydrogen) atoms. The molecule has 1 aromatic heterocycles. The number of amides is 1. The van der Waals surface area contributed by atoms with Crippen LogP contribution in [0.1, 0.15) is 28.4 Å². The standard InChI is InChI=1S/C25H23N3O4/c1-2-28-22-12-11-19(14-21(22)27-24(30)25(28)31)23(29)26-15-18-9-6-10-20(13-18)32-16-17-7-4-3-5-8-17/h3-14H,2,15-16H2,1H3,(H,26,29)(H,27,30). The molecule has 4 aromatic rings. The molecule has 1 heterocycles. The summed E-state index contributed by atoms with van der Waals surface area (Å²) in [5.41, 5.74) is 2.09. The van der Waals surface area contributed by atoms with Crippen LogP contribution < -0.4 is 21.2 Å². The fraction of sp³-hybridized carbons (Fsp3) is 0.160. The zero-order valence-electron chi connectivity index (χ0n) is 17.6. The second kappa shape index (κ2) is 9.34. The van der Waals surface area contributed by atoms with Gasteiger partial charge in [0.15, 0.2) is 0 Å². The van der Waals surface area contributed by atoms with Gasteiger partial charge >= 0.3 is 11.1 Å². The maximum atomic E-state index is 12.7. The molecule has 7 heteroatoms. The summed E-state index contributed by atoms with van der Waals surface area (Å²) in [6.07, 6.45) is 0. The molecular formula is C25H23N3O4. The van der Waals surface area contributed by atoms with E-state index in [0.717, 1.165) is 16.9 Å². The van der Waals surface area contributed by atoms with E-state index in [4.69, 9.17) is 4.74 Å². The first-order valence-corrected chi connectivity index (χ1v) is 10.4. The molecule has 0 aliphatic heterocycles. The fourth-order valence-electron chi connectivity index (χ4n) is 3.51. The highest BCUT2D eigenvalue weighted by Gasteiger charge is 2.11. The Balaban J connectivity index is 1.44. The lowest BCUT2D eigenvalue weighted by molar-refractivity contribution is 0.0951. The van der Waals surface area contributed by atoms with Crippen molar-refractivity contribution in [3.05, 3.63) is 110 Å². The van der Waals surface area contributed by atoms with Gasteiger partial charge in [0.1, 0.15) is 12.4 Å². The molecule has 0 fully saturated rings. The summed E-state index contributed by atoms with van der Waals surface area (Å²) in [4.78, 5) is 39.1. The zero-order chi connectivity index (χ0) is 22.5. The van der Waals surface area contributed by atoms with Crippen LogP contribution in [0.5, 0.6) is 5.75 Å². The lowest BCUT2D eigenvalue weighted by atomic mass is 10.1. The van der Waals surface area contributed by atoms with Gasteiger partial charge in [-0.15, -0.1) is 0 Å². The SMILES string of the molecule is CCn1c(=O)c(=O)[nH]c2cc(C(=O)NCc3cccc(OCc4ccccc4)c3)ccc21. The maximum Gasteiger partial charge on any atom is 0.316 e. The van der Waals surface area contributed by atoms with Crippen molar-refractivity contribution in [3.63, 3.8) is 0 Å². The van der Waals surface area contributed by atoms with Crippen LogP contribution in [0, 0.1) is 0 Å². The van der Waals surface area contributed by atoms with E-state index in [1.54, 1.807) is 25.1 Å². The van der Waals surface area contributed by atoms with Crippen LogP contribution >= 0.6 is 0 Å². The van der Waals surface area contributed by atoms with Gasteiger partial charge in [-0.05, 0) is 48.4 Å². The third kappa shape index (κ3) is 4.62. The van der Waals surface area contributed by atoms with Crippen LogP contribution in [0.25, 0.3) is 11.0 Å². The Labute approximate surface area is 184 Å². The molecule has 162 valence electrons. The lowest BCUT2D eigenvalue weighted by Crippen LogP contribution is -2.36. The predicted molar refractivity (Wildman–Crippen MR) is 123 cm³/mol. The summed E-state index contributed by atoms with van der Waals surface area (Å²) in [6, 6.07) is 22.3. The maximum absolute atomic E-state index is 12.7. The van der Waals surface area contributed by atoms with E-state index in [0.29, 0.717) is 36.3 Å². The average Bonchev–Trinajstić information content (AvgIpc) is 2.83. The van der Waals surface area contributed by atoms with Crippen molar-refractivity contribution in [2.75, 3.05) is 0 Å². The van der Waals surface area contributed by atoms with Gasteiger partial charge in [0.2, 0.25) is 0 Å². The van der Waals surface area contributed by atoms with Gasteiger partial charge in [-0.1, -0.05) is 42.5 Å². The molecule has 0 spiro atoms. The van der Waals surface area contributed by atoms with Gasteiger partial charge in [-0.25, -0.2) is 0 Å². The summed E-state index contributed by atoms with van der Waals surface area (Å²) < 4.78 is 7.23. The van der Waals surface area contributed by atoms with Gasteiger partial charge in [0.25, 0.3) is 5.91 Å². The van der Waals surface area contributed by atoms with Gasteiger partial charge in [-0.2, -0.15) is 0 Å². The summed E-state index contributed by atoms with van der Waals surface area (Å²) in [5.74, 6) is 0.444. The quantitative estimate of drug-likeness (QED) is 0.441. The molecule has 0 aliphatic carbocycles. The molecule has 3 aromatic carbocycles. The number of ether oxygens (including phenoxy) is 1. The van der Waals surface area contributed by atoms with Crippen molar-refractivity contribution in [2.24, 2.45) is 0 Å². The Hall–Kier alpha value is -4.13. The minimum Gasteiger partial charge on any atom is -0.489 e. The molecule has 7 nitrogen and oxygen atoms in total. The Bertz CT molecular complexity index is 1370. The second-order valence-corrected chi connectivity index (χ2v) is 7.34. The first kappa shape index (κ1) is 21.1. The largest absolute Gasteiger partial charge is 0.489 e. The Morgan fingerprint density at radius 2 is 1.75 bits per heavy atom. The number of nitrogens with one attached hydrogen (secondary N) is 2. The zero-order valence-corrected chi connectivity index (χ0v) is 17.6. The summed E-state index contributed by atoms with van der Waals surface area (Å²) in [7, 11) is 0. The van der Waals surface area contributed by atoms with Crippen LogP contribution in [-0.2, 0) is 19.7 Å². The molecule has 2 N–H and O–H groups in total. The highest BCUT2D eigenvalue weighted by molar-refractivity contribution is 5.97. The van der Waals surface area contributed by atoms with Crippen molar-refractivity contribution in [2.45, 2.75) is 26.6 Å². The van der Waals surface area contributed by atoms with Crippen molar-refractivity contribution < 1.29 is 9.53 Å². The van der Waals surface area contributed by atoms with Gasteiger partial charge in [0.05, 0.1) is 11.0 Å². The average molecular weight is 429 g/mol. The van der Waals surface area contributed by atoms with E-state index in [-0.39, 0.29) is 5.91 Å². The van der Waals surface area contributed by atoms with Crippen LogP contribution in [0.15, 0.2) is 82.4 Å².